The maximum atomic E-state index is 11.8. The molecule has 8 nitrogen and oxygen atoms in total. The van der Waals surface area contributed by atoms with E-state index < -0.39 is 16.5 Å². The Kier molecular flexibility index (Phi) is 3.70. The largest absolute Gasteiger partial charge is 0.490 e. The molecule has 21 heavy (non-hydrogen) atoms. The van der Waals surface area contributed by atoms with E-state index in [0.29, 0.717) is 0 Å². The summed E-state index contributed by atoms with van der Waals surface area (Å²) in [6.45, 7) is 0. The molecule has 1 N–H and O–H groups in total. The first-order valence-electron chi connectivity index (χ1n) is 5.73. The Balaban J connectivity index is 2.64. The van der Waals surface area contributed by atoms with Crippen molar-refractivity contribution >= 4 is 11.7 Å². The van der Waals surface area contributed by atoms with Gasteiger partial charge in [0.1, 0.15) is 0 Å². The number of hydrogen-bond donors (Lipinski definition) is 1. The fourth-order valence-corrected chi connectivity index (χ4v) is 1.79. The number of pyridine rings is 1. The molecule has 2 rings (SSSR count). The van der Waals surface area contributed by atoms with E-state index in [0.717, 1.165) is 22.9 Å². The van der Waals surface area contributed by atoms with Crippen LogP contribution >= 0.6 is 0 Å². The van der Waals surface area contributed by atoms with Gasteiger partial charge in [-0.05, 0) is 18.2 Å². The Bertz CT molecular complexity index is 780. The quantitative estimate of drug-likeness (QED) is 0.673. The van der Waals surface area contributed by atoms with E-state index in [9.17, 15) is 19.7 Å². The summed E-state index contributed by atoms with van der Waals surface area (Å²) in [5.41, 5.74) is -0.745. The van der Waals surface area contributed by atoms with Crippen LogP contribution in [0.4, 0.5) is 5.69 Å². The highest BCUT2D eigenvalue weighted by Gasteiger charge is 2.16. The van der Waals surface area contributed by atoms with Crippen LogP contribution in [0.2, 0.25) is 0 Å². The van der Waals surface area contributed by atoms with Gasteiger partial charge in [-0.25, -0.2) is 4.79 Å². The van der Waals surface area contributed by atoms with Gasteiger partial charge in [-0.3, -0.25) is 19.5 Å². The predicted octanol–water partition coefficient (Wildman–Crippen LogP) is 1.45. The minimum atomic E-state index is -1.20. The molecule has 0 aliphatic rings. The third kappa shape index (κ3) is 2.73. The Morgan fingerprint density at radius 2 is 2.05 bits per heavy atom. The number of methoxy groups -OCH3 is 1. The minimum absolute atomic E-state index is 0.0474. The van der Waals surface area contributed by atoms with E-state index in [4.69, 9.17) is 9.84 Å². The lowest BCUT2D eigenvalue weighted by molar-refractivity contribution is -0.385. The highest BCUT2D eigenvalue weighted by atomic mass is 16.6. The summed E-state index contributed by atoms with van der Waals surface area (Å²) in [7, 11) is 1.29. The lowest BCUT2D eigenvalue weighted by Gasteiger charge is -2.08. The average Bonchev–Trinajstić information content (AvgIpc) is 2.46. The maximum absolute atomic E-state index is 11.8. The summed E-state index contributed by atoms with van der Waals surface area (Å²) in [5, 5.41) is 19.9. The molecular formula is C13H10N2O6. The lowest BCUT2D eigenvalue weighted by atomic mass is 10.2. The van der Waals surface area contributed by atoms with Gasteiger partial charge in [0.2, 0.25) is 0 Å². The molecule has 0 spiro atoms. The molecule has 1 aromatic carbocycles. The molecule has 8 heteroatoms. The maximum Gasteiger partial charge on any atom is 0.337 e. The van der Waals surface area contributed by atoms with Crippen LogP contribution in [-0.2, 0) is 0 Å². The zero-order valence-corrected chi connectivity index (χ0v) is 10.8. The first kappa shape index (κ1) is 14.3. The number of nitro benzene ring substituents is 1. The number of aromatic nitrogens is 1. The third-order valence-corrected chi connectivity index (χ3v) is 2.80. The lowest BCUT2D eigenvalue weighted by Crippen LogP contribution is -2.18. The van der Waals surface area contributed by atoms with E-state index >= 15 is 0 Å². The van der Waals surface area contributed by atoms with Crippen molar-refractivity contribution in [2.45, 2.75) is 0 Å². The SMILES string of the molecule is COc1ccc(-n2cc(C(=O)O)ccc2=O)cc1[N+](=O)[O-]. The van der Waals surface area contributed by atoms with Gasteiger partial charge >= 0.3 is 11.7 Å². The molecule has 0 aliphatic heterocycles. The molecule has 0 saturated carbocycles. The number of hydrogen-bond acceptors (Lipinski definition) is 5. The van der Waals surface area contributed by atoms with Crippen LogP contribution in [0.3, 0.4) is 0 Å². The van der Waals surface area contributed by atoms with Crippen LogP contribution < -0.4 is 10.3 Å². The van der Waals surface area contributed by atoms with Crippen molar-refractivity contribution in [2.75, 3.05) is 7.11 Å². The Labute approximate surface area is 118 Å². The smallest absolute Gasteiger partial charge is 0.337 e. The van der Waals surface area contributed by atoms with Gasteiger partial charge in [0.05, 0.1) is 23.3 Å². The van der Waals surface area contributed by atoms with Gasteiger partial charge in [0, 0.05) is 18.3 Å². The number of nitro groups is 1. The molecule has 0 bridgehead atoms. The van der Waals surface area contributed by atoms with Crippen molar-refractivity contribution in [3.63, 3.8) is 0 Å². The second-order valence-corrected chi connectivity index (χ2v) is 4.04. The molecule has 0 amide bonds. The fraction of sp³-hybridized carbons (Fsp3) is 0.0769. The summed E-state index contributed by atoms with van der Waals surface area (Å²) in [5.74, 6) is -1.15. The summed E-state index contributed by atoms with van der Waals surface area (Å²) in [6.07, 6.45) is 1.11. The molecule has 0 aliphatic carbocycles. The van der Waals surface area contributed by atoms with Gasteiger partial charge in [0.25, 0.3) is 5.56 Å². The van der Waals surface area contributed by atoms with Crippen molar-refractivity contribution in [3.05, 3.63) is 62.6 Å². The zero-order valence-electron chi connectivity index (χ0n) is 10.8. The average molecular weight is 290 g/mol. The molecule has 0 saturated heterocycles. The van der Waals surface area contributed by atoms with E-state index in [-0.39, 0.29) is 22.7 Å². The normalized spacial score (nSPS) is 10.1. The van der Waals surface area contributed by atoms with Gasteiger partial charge in [-0.15, -0.1) is 0 Å². The van der Waals surface area contributed by atoms with Crippen molar-refractivity contribution in [1.82, 2.24) is 4.57 Å². The second kappa shape index (κ2) is 5.45. The molecular weight excluding hydrogens is 280 g/mol. The predicted molar refractivity (Wildman–Crippen MR) is 72.2 cm³/mol. The fourth-order valence-electron chi connectivity index (χ4n) is 1.79. The van der Waals surface area contributed by atoms with Crippen molar-refractivity contribution in [3.8, 4) is 11.4 Å². The Morgan fingerprint density at radius 3 is 2.62 bits per heavy atom. The van der Waals surface area contributed by atoms with Crippen molar-refractivity contribution in [1.29, 1.82) is 0 Å². The number of rotatable bonds is 4. The highest BCUT2D eigenvalue weighted by Crippen LogP contribution is 2.28. The van der Waals surface area contributed by atoms with E-state index in [1.165, 1.54) is 25.3 Å². The standard InChI is InChI=1S/C13H10N2O6/c1-21-11-4-3-9(6-10(11)15(19)20)14-7-8(13(17)18)2-5-12(14)16/h2-7H,1H3,(H,17,18). The van der Waals surface area contributed by atoms with Crippen molar-refractivity contribution < 1.29 is 19.6 Å². The highest BCUT2D eigenvalue weighted by molar-refractivity contribution is 5.87. The summed E-state index contributed by atoms with van der Waals surface area (Å²) in [6, 6.07) is 6.16. The number of carboxylic acids is 1. The second-order valence-electron chi connectivity index (χ2n) is 4.04. The van der Waals surface area contributed by atoms with Crippen LogP contribution in [0.25, 0.3) is 5.69 Å². The first-order chi connectivity index (χ1) is 9.93. The van der Waals surface area contributed by atoms with E-state index in [2.05, 4.69) is 0 Å². The van der Waals surface area contributed by atoms with Gasteiger partial charge in [0.15, 0.2) is 5.75 Å². The van der Waals surface area contributed by atoms with Gasteiger partial charge < -0.3 is 9.84 Å². The number of benzene rings is 1. The van der Waals surface area contributed by atoms with Gasteiger partial charge in [-0.2, -0.15) is 0 Å². The number of carboxylic acid groups (broad SMARTS) is 1. The number of aromatic carboxylic acids is 1. The zero-order chi connectivity index (χ0) is 15.6. The van der Waals surface area contributed by atoms with Crippen LogP contribution in [-0.4, -0.2) is 27.7 Å². The van der Waals surface area contributed by atoms with Crippen LogP contribution in [0, 0.1) is 10.1 Å². The summed E-state index contributed by atoms with van der Waals surface area (Å²) < 4.78 is 5.89. The monoisotopic (exact) mass is 290 g/mol. The number of nitrogens with zero attached hydrogens (tertiary/aromatic N) is 2. The van der Waals surface area contributed by atoms with Crippen LogP contribution in [0.15, 0.2) is 41.3 Å². The molecule has 2 aromatic rings. The Morgan fingerprint density at radius 1 is 1.33 bits per heavy atom. The molecule has 108 valence electrons. The minimum Gasteiger partial charge on any atom is -0.490 e. The van der Waals surface area contributed by atoms with E-state index in [1.807, 2.05) is 0 Å². The third-order valence-electron chi connectivity index (χ3n) is 2.80. The van der Waals surface area contributed by atoms with Crippen LogP contribution in [0.1, 0.15) is 10.4 Å². The number of ether oxygens (including phenoxy) is 1. The van der Waals surface area contributed by atoms with Crippen LogP contribution in [0.5, 0.6) is 5.75 Å². The summed E-state index contributed by atoms with van der Waals surface area (Å²) in [4.78, 5) is 33.1. The molecule has 1 heterocycles. The first-order valence-corrected chi connectivity index (χ1v) is 5.73. The molecule has 0 fully saturated rings. The number of carbonyl (C=O) groups is 1. The van der Waals surface area contributed by atoms with Crippen molar-refractivity contribution in [2.24, 2.45) is 0 Å². The summed E-state index contributed by atoms with van der Waals surface area (Å²) >= 11 is 0. The Hall–Kier alpha value is -3.16. The molecule has 0 radical (unpaired) electrons. The molecule has 0 atom stereocenters. The topological polar surface area (TPSA) is 112 Å². The molecule has 1 aromatic heterocycles. The van der Waals surface area contributed by atoms with Gasteiger partial charge in [-0.1, -0.05) is 0 Å². The van der Waals surface area contributed by atoms with E-state index in [1.54, 1.807) is 0 Å². The molecule has 0 unspecified atom stereocenters.